The van der Waals surface area contributed by atoms with Gasteiger partial charge in [0.05, 0.1) is 5.56 Å². The van der Waals surface area contributed by atoms with E-state index >= 15 is 0 Å². The maximum atomic E-state index is 14.8. The Labute approximate surface area is 169 Å². The first-order valence-electron chi connectivity index (χ1n) is 8.56. The van der Waals surface area contributed by atoms with E-state index in [9.17, 15) is 18.3 Å². The van der Waals surface area contributed by atoms with Crippen LogP contribution < -0.4 is 5.48 Å². The lowest BCUT2D eigenvalue weighted by Gasteiger charge is -2.32. The number of halogens is 4. The zero-order valence-electron chi connectivity index (χ0n) is 14.7. The highest BCUT2D eigenvalue weighted by atomic mass is 35.5. The van der Waals surface area contributed by atoms with E-state index in [4.69, 9.17) is 16.4 Å². The molecule has 1 unspecified atom stereocenters. The zero-order valence-corrected chi connectivity index (χ0v) is 15.5. The van der Waals surface area contributed by atoms with Crippen molar-refractivity contribution in [3.05, 3.63) is 106 Å². The molecule has 2 atom stereocenters. The van der Waals surface area contributed by atoms with E-state index in [-0.39, 0.29) is 21.9 Å². The van der Waals surface area contributed by atoms with Gasteiger partial charge in [-0.3, -0.25) is 4.98 Å². The molecule has 0 aliphatic carbocycles. The fourth-order valence-electron chi connectivity index (χ4n) is 3.27. The maximum absolute atomic E-state index is 14.8. The number of hydroxylamine groups is 1. The molecule has 0 amide bonds. The molecule has 0 saturated heterocycles. The number of rotatable bonds is 4. The minimum atomic E-state index is -1.62. The monoisotopic (exact) mass is 418 g/mol. The number of nitrogens with zero attached hydrogens (tertiary/aromatic N) is 1. The van der Waals surface area contributed by atoms with Gasteiger partial charge in [0.25, 0.3) is 0 Å². The van der Waals surface area contributed by atoms with Crippen LogP contribution in [0.4, 0.5) is 13.2 Å². The zero-order chi connectivity index (χ0) is 20.6. The second-order valence-electron chi connectivity index (χ2n) is 6.52. The summed E-state index contributed by atoms with van der Waals surface area (Å²) in [4.78, 5) is 9.40. The highest BCUT2D eigenvalue weighted by molar-refractivity contribution is 6.30. The fourth-order valence-corrected chi connectivity index (χ4v) is 3.43. The lowest BCUT2D eigenvalue weighted by Crippen LogP contribution is -2.43. The van der Waals surface area contributed by atoms with Gasteiger partial charge in [-0.2, -0.15) is 0 Å². The fraction of sp³-hybridized carbons (Fsp3) is 0.0952. The molecule has 1 aliphatic heterocycles. The molecule has 4 rings (SSSR count). The lowest BCUT2D eigenvalue weighted by molar-refractivity contribution is 0.0124. The highest BCUT2D eigenvalue weighted by Gasteiger charge is 2.46. The molecule has 1 aromatic heterocycles. The first kappa shape index (κ1) is 19.4. The van der Waals surface area contributed by atoms with Crippen LogP contribution in [-0.2, 0) is 10.4 Å². The predicted molar refractivity (Wildman–Crippen MR) is 101 cm³/mol. The van der Waals surface area contributed by atoms with Crippen molar-refractivity contribution in [1.29, 1.82) is 0 Å². The van der Waals surface area contributed by atoms with E-state index in [2.05, 4.69) is 10.5 Å². The van der Waals surface area contributed by atoms with Crippen LogP contribution >= 0.6 is 11.6 Å². The first-order chi connectivity index (χ1) is 13.9. The van der Waals surface area contributed by atoms with Crippen molar-refractivity contribution in [3.8, 4) is 0 Å². The van der Waals surface area contributed by atoms with Crippen molar-refractivity contribution in [2.45, 2.75) is 11.6 Å². The second kappa shape index (κ2) is 7.51. The van der Waals surface area contributed by atoms with E-state index in [0.29, 0.717) is 11.6 Å². The number of nitrogens with one attached hydrogen (secondary N) is 1. The van der Waals surface area contributed by atoms with Gasteiger partial charge in [-0.1, -0.05) is 23.7 Å². The molecule has 2 aromatic carbocycles. The molecule has 3 aromatic rings. The molecule has 29 heavy (non-hydrogen) atoms. The average Bonchev–Trinajstić information content (AvgIpc) is 3.14. The number of aromatic nitrogens is 1. The molecule has 0 fully saturated rings. The number of hydrogen-bond acceptors (Lipinski definition) is 4. The average molecular weight is 419 g/mol. The summed E-state index contributed by atoms with van der Waals surface area (Å²) in [6, 6.07) is 10.2. The molecule has 0 bridgehead atoms. The minimum Gasteiger partial charge on any atom is -0.407 e. The van der Waals surface area contributed by atoms with Gasteiger partial charge < -0.3 is 9.94 Å². The molecule has 0 spiro atoms. The lowest BCUT2D eigenvalue weighted by atomic mass is 9.81. The van der Waals surface area contributed by atoms with E-state index in [0.717, 1.165) is 12.1 Å². The summed E-state index contributed by atoms with van der Waals surface area (Å²) in [6.45, 7) is 0. The highest BCUT2D eigenvalue weighted by Crippen LogP contribution is 2.44. The Hall–Kier alpha value is -2.87. The number of pyridine rings is 1. The smallest absolute Gasteiger partial charge is 0.155 e. The van der Waals surface area contributed by atoms with Gasteiger partial charge in [0.2, 0.25) is 0 Å². The molecule has 0 saturated carbocycles. The van der Waals surface area contributed by atoms with E-state index < -0.39 is 29.1 Å². The van der Waals surface area contributed by atoms with E-state index in [1.165, 1.54) is 36.7 Å². The third-order valence-corrected chi connectivity index (χ3v) is 4.93. The quantitative estimate of drug-likeness (QED) is 0.647. The van der Waals surface area contributed by atoms with Crippen LogP contribution in [0.1, 0.15) is 22.8 Å². The molecule has 1 aliphatic rings. The third-order valence-electron chi connectivity index (χ3n) is 4.69. The molecule has 2 N–H and O–H groups in total. The molecule has 148 valence electrons. The molecular formula is C21H14ClF3N2O2. The molecular weight excluding hydrogens is 405 g/mol. The maximum Gasteiger partial charge on any atom is 0.155 e. The van der Waals surface area contributed by atoms with Gasteiger partial charge in [-0.15, -0.1) is 5.48 Å². The van der Waals surface area contributed by atoms with Crippen molar-refractivity contribution < 1.29 is 23.1 Å². The van der Waals surface area contributed by atoms with Gasteiger partial charge in [0, 0.05) is 34.6 Å². The number of aliphatic hydroxyl groups is 1. The summed E-state index contributed by atoms with van der Waals surface area (Å²) in [5.74, 6) is -2.34. The van der Waals surface area contributed by atoms with Crippen LogP contribution in [0.15, 0.2) is 67.0 Å². The van der Waals surface area contributed by atoms with Crippen LogP contribution in [0.3, 0.4) is 0 Å². The Morgan fingerprint density at radius 2 is 1.90 bits per heavy atom. The van der Waals surface area contributed by atoms with Gasteiger partial charge >= 0.3 is 0 Å². The van der Waals surface area contributed by atoms with Gasteiger partial charge in [0.1, 0.15) is 29.1 Å². The van der Waals surface area contributed by atoms with Gasteiger partial charge in [-0.25, -0.2) is 13.2 Å². The normalized spacial score (nSPS) is 19.6. The molecule has 4 nitrogen and oxygen atoms in total. The summed E-state index contributed by atoms with van der Waals surface area (Å²) in [6.07, 6.45) is 2.95. The first-order valence-corrected chi connectivity index (χ1v) is 8.94. The van der Waals surface area contributed by atoms with Crippen molar-refractivity contribution in [1.82, 2.24) is 10.5 Å². The summed E-state index contributed by atoms with van der Waals surface area (Å²) in [5.41, 5.74) is 1.35. The Kier molecular flexibility index (Phi) is 5.04. The van der Waals surface area contributed by atoms with Crippen molar-refractivity contribution in [3.63, 3.8) is 0 Å². The largest absolute Gasteiger partial charge is 0.407 e. The van der Waals surface area contributed by atoms with Crippen LogP contribution in [0.25, 0.3) is 5.76 Å². The number of benzene rings is 2. The van der Waals surface area contributed by atoms with Crippen LogP contribution in [0.5, 0.6) is 0 Å². The van der Waals surface area contributed by atoms with Crippen LogP contribution in [-0.4, -0.2) is 10.1 Å². The van der Waals surface area contributed by atoms with Crippen molar-refractivity contribution in [2.75, 3.05) is 0 Å². The molecule has 2 heterocycles. The van der Waals surface area contributed by atoms with Gasteiger partial charge in [-0.05, 0) is 36.4 Å². The Balaban J connectivity index is 1.89. The van der Waals surface area contributed by atoms with Gasteiger partial charge in [0.15, 0.2) is 5.76 Å². The Morgan fingerprint density at radius 3 is 2.59 bits per heavy atom. The predicted octanol–water partition coefficient (Wildman–Crippen LogP) is 4.66. The molecule has 8 heteroatoms. The summed E-state index contributed by atoms with van der Waals surface area (Å²) in [5, 5.41) is 11.3. The summed E-state index contributed by atoms with van der Waals surface area (Å²) >= 11 is 5.86. The molecule has 0 radical (unpaired) electrons. The number of hydrogen-bond donors (Lipinski definition) is 2. The second-order valence-corrected chi connectivity index (χ2v) is 6.96. The van der Waals surface area contributed by atoms with Crippen molar-refractivity contribution >= 4 is 17.4 Å². The summed E-state index contributed by atoms with van der Waals surface area (Å²) in [7, 11) is 0. The van der Waals surface area contributed by atoms with Crippen molar-refractivity contribution in [2.24, 2.45) is 0 Å². The Bertz CT molecular complexity index is 1090. The minimum absolute atomic E-state index is 0.0239. The van der Waals surface area contributed by atoms with Crippen LogP contribution in [0.2, 0.25) is 5.02 Å². The Morgan fingerprint density at radius 1 is 1.07 bits per heavy atom. The van der Waals surface area contributed by atoms with E-state index in [1.807, 2.05) is 0 Å². The summed E-state index contributed by atoms with van der Waals surface area (Å²) < 4.78 is 42.4. The number of aliphatic hydroxyl groups excluding tert-OH is 1. The van der Waals surface area contributed by atoms with Crippen LogP contribution in [0, 0.1) is 17.5 Å². The standard InChI is InChI=1S/C21H14ClF3N2O2/c22-13-3-6-16(18(25)8-13)21(20(28)12-2-1-7-26-11-12)10-19(29-27-21)15-5-4-14(23)9-17(15)24/h1-11,20,27-28H/t20-,21?/m0/s1. The topological polar surface area (TPSA) is 54.4 Å². The third kappa shape index (κ3) is 3.48. The SMILES string of the molecule is O[C@@H](c1cccnc1)C1(c2ccc(Cl)cc2F)C=C(c2ccc(F)cc2F)ON1. The van der Waals surface area contributed by atoms with E-state index in [1.54, 1.807) is 12.1 Å².